The Morgan fingerprint density at radius 2 is 0.634 bits per heavy atom. The van der Waals surface area contributed by atoms with Gasteiger partial charge in [-0.3, -0.25) is 9.59 Å². The van der Waals surface area contributed by atoms with Crippen LogP contribution >= 0.6 is 0 Å². The van der Waals surface area contributed by atoms with Gasteiger partial charge in [0.25, 0.3) is 0 Å². The summed E-state index contributed by atoms with van der Waals surface area (Å²) < 4.78 is 5.48. The molecule has 6 heteroatoms. The van der Waals surface area contributed by atoms with Crippen LogP contribution in [0.4, 0.5) is 0 Å². The predicted octanol–water partition coefficient (Wildman–Crippen LogP) is 24.3. The first-order chi connectivity index (χ1) is 40.5. The third-order valence-corrected chi connectivity index (χ3v) is 17.4. The van der Waals surface area contributed by atoms with Gasteiger partial charge in [-0.05, 0) is 57.8 Å². The molecular weight excluding hydrogens is 1010 g/mol. The van der Waals surface area contributed by atoms with Gasteiger partial charge in [0.05, 0.1) is 25.4 Å². The standard InChI is InChI=1S/C76H145NO5/c1-3-5-7-9-11-13-15-17-18-38-41-45-48-52-56-60-64-68-74(79)73(72-78)77-75(80)69-65-61-57-53-49-46-42-39-36-34-32-30-28-26-24-22-20-19-21-23-25-27-29-31-33-35-37-40-43-47-51-55-59-63-67-71-82-76(81)70-66-62-58-54-50-44-16-14-12-10-8-6-4-2/h8,10,14,16,64,68,73-74,78-79H,3-7,9,11-13,15,17-63,65-67,69-72H2,1-2H3,(H,77,80)/b10-8-,16-14-,68-64+. The molecular formula is C76H145NO5. The van der Waals surface area contributed by atoms with Gasteiger partial charge < -0.3 is 20.3 Å². The average Bonchev–Trinajstić information content (AvgIpc) is 3.48. The zero-order valence-corrected chi connectivity index (χ0v) is 55.5. The summed E-state index contributed by atoms with van der Waals surface area (Å²) in [5.74, 6) is -0.0522. The van der Waals surface area contributed by atoms with Crippen molar-refractivity contribution < 1.29 is 24.5 Å². The highest BCUT2D eigenvalue weighted by Gasteiger charge is 2.18. The number of hydrogen-bond acceptors (Lipinski definition) is 5. The van der Waals surface area contributed by atoms with E-state index in [4.69, 9.17) is 4.74 Å². The Labute approximate surface area is 513 Å². The zero-order valence-electron chi connectivity index (χ0n) is 55.5. The molecule has 82 heavy (non-hydrogen) atoms. The van der Waals surface area contributed by atoms with Gasteiger partial charge in [-0.1, -0.05) is 378 Å². The first-order valence-corrected chi connectivity index (χ1v) is 37.3. The summed E-state index contributed by atoms with van der Waals surface area (Å²) in [4.78, 5) is 24.6. The number of nitrogens with one attached hydrogen (secondary N) is 1. The molecule has 0 aliphatic carbocycles. The van der Waals surface area contributed by atoms with E-state index in [-0.39, 0.29) is 18.5 Å². The van der Waals surface area contributed by atoms with Crippen LogP contribution in [-0.2, 0) is 14.3 Å². The summed E-state index contributed by atoms with van der Waals surface area (Å²) in [6, 6.07) is -0.624. The van der Waals surface area contributed by atoms with E-state index in [9.17, 15) is 19.8 Å². The van der Waals surface area contributed by atoms with Gasteiger partial charge in [-0.15, -0.1) is 0 Å². The Balaban J connectivity index is 3.33. The third kappa shape index (κ3) is 67.2. The van der Waals surface area contributed by atoms with Crippen molar-refractivity contribution in [1.29, 1.82) is 0 Å². The molecule has 0 bridgehead atoms. The normalized spacial score (nSPS) is 12.7. The molecule has 0 spiro atoms. The van der Waals surface area contributed by atoms with Gasteiger partial charge in [0, 0.05) is 12.8 Å². The lowest BCUT2D eigenvalue weighted by atomic mass is 10.0. The highest BCUT2D eigenvalue weighted by Crippen LogP contribution is 2.19. The van der Waals surface area contributed by atoms with Crippen LogP contribution in [0, 0.1) is 0 Å². The number of amides is 1. The van der Waals surface area contributed by atoms with Crippen LogP contribution in [0.25, 0.3) is 0 Å². The number of aliphatic hydroxyl groups excluding tert-OH is 2. The summed E-state index contributed by atoms with van der Waals surface area (Å²) in [5, 5.41) is 23.2. The van der Waals surface area contributed by atoms with E-state index in [1.807, 2.05) is 6.08 Å². The van der Waals surface area contributed by atoms with Crippen molar-refractivity contribution in [3.8, 4) is 0 Å². The van der Waals surface area contributed by atoms with Gasteiger partial charge in [-0.2, -0.15) is 0 Å². The van der Waals surface area contributed by atoms with E-state index >= 15 is 0 Å². The number of esters is 1. The molecule has 0 aliphatic rings. The number of ether oxygens (including phenoxy) is 1. The lowest BCUT2D eigenvalue weighted by Gasteiger charge is -2.20. The number of allylic oxidation sites excluding steroid dienone is 5. The molecule has 484 valence electrons. The van der Waals surface area contributed by atoms with Crippen molar-refractivity contribution >= 4 is 11.9 Å². The van der Waals surface area contributed by atoms with E-state index in [1.165, 1.54) is 334 Å². The molecule has 2 atom stereocenters. The molecule has 6 nitrogen and oxygen atoms in total. The predicted molar refractivity (Wildman–Crippen MR) is 361 cm³/mol. The Bertz CT molecular complexity index is 1330. The van der Waals surface area contributed by atoms with Gasteiger partial charge in [-0.25, -0.2) is 0 Å². The number of carbonyl (C=O) groups excluding carboxylic acids is 2. The lowest BCUT2D eigenvalue weighted by Crippen LogP contribution is -2.45. The second kappa shape index (κ2) is 71.6. The molecule has 0 aromatic rings. The van der Waals surface area contributed by atoms with Crippen molar-refractivity contribution in [1.82, 2.24) is 5.32 Å². The number of hydrogen-bond donors (Lipinski definition) is 3. The highest BCUT2D eigenvalue weighted by molar-refractivity contribution is 5.76. The zero-order chi connectivity index (χ0) is 59.2. The van der Waals surface area contributed by atoms with Crippen molar-refractivity contribution in [2.24, 2.45) is 0 Å². The number of carbonyl (C=O) groups is 2. The molecule has 0 heterocycles. The second-order valence-electron chi connectivity index (χ2n) is 25.6. The lowest BCUT2D eigenvalue weighted by molar-refractivity contribution is -0.143. The van der Waals surface area contributed by atoms with E-state index in [2.05, 4.69) is 43.5 Å². The molecule has 0 rings (SSSR count). The minimum absolute atomic E-state index is 0.00728. The molecule has 1 amide bonds. The quantitative estimate of drug-likeness (QED) is 0.0320. The van der Waals surface area contributed by atoms with Crippen LogP contribution in [0.15, 0.2) is 36.5 Å². The van der Waals surface area contributed by atoms with E-state index in [1.54, 1.807) is 6.08 Å². The molecule has 0 radical (unpaired) electrons. The molecule has 3 N–H and O–H groups in total. The fourth-order valence-electron chi connectivity index (χ4n) is 11.7. The van der Waals surface area contributed by atoms with Crippen molar-refractivity contribution in [3.05, 3.63) is 36.5 Å². The van der Waals surface area contributed by atoms with Crippen LogP contribution in [0.3, 0.4) is 0 Å². The Hall–Kier alpha value is -1.92. The van der Waals surface area contributed by atoms with Gasteiger partial charge in [0.1, 0.15) is 0 Å². The molecule has 0 aromatic carbocycles. The summed E-state index contributed by atoms with van der Waals surface area (Å²) >= 11 is 0. The maximum Gasteiger partial charge on any atom is 0.305 e. The summed E-state index contributed by atoms with van der Waals surface area (Å²) in [6.45, 7) is 4.87. The number of rotatable bonds is 70. The third-order valence-electron chi connectivity index (χ3n) is 17.4. The van der Waals surface area contributed by atoms with E-state index in [0.717, 1.165) is 51.4 Å². The molecule has 2 unspecified atom stereocenters. The van der Waals surface area contributed by atoms with Crippen LogP contribution in [0.1, 0.15) is 412 Å². The van der Waals surface area contributed by atoms with Gasteiger partial charge >= 0.3 is 5.97 Å². The van der Waals surface area contributed by atoms with E-state index in [0.29, 0.717) is 19.4 Å². The smallest absolute Gasteiger partial charge is 0.305 e. The fourth-order valence-corrected chi connectivity index (χ4v) is 11.7. The Morgan fingerprint density at radius 3 is 0.976 bits per heavy atom. The summed E-state index contributed by atoms with van der Waals surface area (Å²) in [5.41, 5.74) is 0. The molecule has 0 aromatic heterocycles. The fraction of sp³-hybridized carbons (Fsp3) is 0.895. The monoisotopic (exact) mass is 1150 g/mol. The topological polar surface area (TPSA) is 95.9 Å². The molecule has 0 saturated carbocycles. The maximum absolute atomic E-state index is 12.5. The van der Waals surface area contributed by atoms with Crippen molar-refractivity contribution in [2.75, 3.05) is 13.2 Å². The first-order valence-electron chi connectivity index (χ1n) is 37.3. The van der Waals surface area contributed by atoms with E-state index < -0.39 is 12.1 Å². The summed E-state index contributed by atoms with van der Waals surface area (Å²) in [6.07, 6.45) is 92.6. The largest absolute Gasteiger partial charge is 0.466 e. The molecule has 0 fully saturated rings. The Kier molecular flexibility index (Phi) is 69.9. The molecule has 0 saturated heterocycles. The number of unbranched alkanes of at least 4 members (excludes halogenated alkanes) is 55. The minimum atomic E-state index is -0.841. The SMILES string of the molecule is CCC/C=C\C/C=C\CCCCCCCC(=O)OCCCCCCCCCCCCCCCCCCCCCCCCCCCCCCCCCCCCCC(=O)NC(CO)C(O)/C=C/CCCCCCCCCCCCCCCCC. The Morgan fingerprint density at radius 1 is 0.341 bits per heavy atom. The second-order valence-corrected chi connectivity index (χ2v) is 25.6. The van der Waals surface area contributed by atoms with Crippen LogP contribution in [-0.4, -0.2) is 47.4 Å². The number of aliphatic hydroxyl groups is 2. The first kappa shape index (κ1) is 80.1. The molecule has 0 aliphatic heterocycles. The average molecular weight is 1150 g/mol. The highest BCUT2D eigenvalue weighted by atomic mass is 16.5. The van der Waals surface area contributed by atoms with Crippen LogP contribution < -0.4 is 5.32 Å². The van der Waals surface area contributed by atoms with Gasteiger partial charge in [0.2, 0.25) is 5.91 Å². The van der Waals surface area contributed by atoms with Crippen LogP contribution in [0.5, 0.6) is 0 Å². The maximum atomic E-state index is 12.5. The minimum Gasteiger partial charge on any atom is -0.466 e. The summed E-state index contributed by atoms with van der Waals surface area (Å²) in [7, 11) is 0. The van der Waals surface area contributed by atoms with Crippen molar-refractivity contribution in [2.45, 2.75) is 424 Å². The van der Waals surface area contributed by atoms with Gasteiger partial charge in [0.15, 0.2) is 0 Å². The van der Waals surface area contributed by atoms with Crippen molar-refractivity contribution in [3.63, 3.8) is 0 Å². The van der Waals surface area contributed by atoms with Crippen LogP contribution in [0.2, 0.25) is 0 Å².